The van der Waals surface area contributed by atoms with Crippen LogP contribution in [0.5, 0.6) is 0 Å². The fourth-order valence-corrected chi connectivity index (χ4v) is 1.53. The average molecular weight is 204 g/mol. The second-order valence-electron chi connectivity index (χ2n) is 3.95. The quantitative estimate of drug-likeness (QED) is 0.660. The van der Waals surface area contributed by atoms with Gasteiger partial charge in [-0.15, -0.1) is 11.6 Å². The summed E-state index contributed by atoms with van der Waals surface area (Å²) < 4.78 is 0. The van der Waals surface area contributed by atoms with Crippen molar-refractivity contribution in [2.24, 2.45) is 5.92 Å². The summed E-state index contributed by atoms with van der Waals surface area (Å²) in [7, 11) is 0. The predicted octanol–water partition coefficient (Wildman–Crippen LogP) is 2.31. The van der Waals surface area contributed by atoms with Crippen LogP contribution in [0.2, 0.25) is 0 Å². The fourth-order valence-electron chi connectivity index (χ4n) is 1.37. The number of carbonyl (C=O) groups excluding carboxylic acids is 1. The third-order valence-corrected chi connectivity index (χ3v) is 2.62. The van der Waals surface area contributed by atoms with Gasteiger partial charge in [0, 0.05) is 18.3 Å². The van der Waals surface area contributed by atoms with E-state index in [4.69, 9.17) is 11.6 Å². The summed E-state index contributed by atoms with van der Waals surface area (Å²) in [4.78, 5) is 11.3. The van der Waals surface area contributed by atoms with Crippen LogP contribution >= 0.6 is 11.6 Å². The van der Waals surface area contributed by atoms with Crippen molar-refractivity contribution in [1.82, 2.24) is 5.32 Å². The first-order valence-corrected chi connectivity index (χ1v) is 5.61. The Morgan fingerprint density at radius 1 is 1.62 bits per heavy atom. The molecule has 0 radical (unpaired) electrons. The molecule has 3 heteroatoms. The van der Waals surface area contributed by atoms with Crippen molar-refractivity contribution in [2.45, 2.75) is 45.1 Å². The van der Waals surface area contributed by atoms with Crippen molar-refractivity contribution in [2.75, 3.05) is 5.88 Å². The second kappa shape index (κ2) is 5.48. The van der Waals surface area contributed by atoms with Crippen LogP contribution < -0.4 is 5.32 Å². The van der Waals surface area contributed by atoms with E-state index in [1.165, 1.54) is 12.8 Å². The van der Waals surface area contributed by atoms with Gasteiger partial charge in [-0.1, -0.05) is 0 Å². The zero-order valence-electron chi connectivity index (χ0n) is 8.18. The monoisotopic (exact) mass is 203 g/mol. The van der Waals surface area contributed by atoms with Gasteiger partial charge in [0.1, 0.15) is 0 Å². The Morgan fingerprint density at radius 3 is 2.85 bits per heavy atom. The maximum absolute atomic E-state index is 11.3. The minimum Gasteiger partial charge on any atom is -0.354 e. The summed E-state index contributed by atoms with van der Waals surface area (Å²) in [6.45, 7) is 2.04. The van der Waals surface area contributed by atoms with Crippen molar-refractivity contribution in [1.29, 1.82) is 0 Å². The van der Waals surface area contributed by atoms with Crippen LogP contribution in [0.3, 0.4) is 0 Å². The lowest BCUT2D eigenvalue weighted by Crippen LogP contribution is -2.32. The summed E-state index contributed by atoms with van der Waals surface area (Å²) in [5, 5.41) is 2.99. The van der Waals surface area contributed by atoms with Crippen LogP contribution in [-0.2, 0) is 4.79 Å². The number of hydrogen-bond acceptors (Lipinski definition) is 1. The van der Waals surface area contributed by atoms with Crippen LogP contribution in [0.25, 0.3) is 0 Å². The Kier molecular flexibility index (Phi) is 4.57. The van der Waals surface area contributed by atoms with E-state index in [9.17, 15) is 4.79 Å². The van der Waals surface area contributed by atoms with Crippen LogP contribution in [0.4, 0.5) is 0 Å². The lowest BCUT2D eigenvalue weighted by atomic mass is 10.2. The van der Waals surface area contributed by atoms with Gasteiger partial charge in [0.15, 0.2) is 0 Å². The molecule has 76 valence electrons. The van der Waals surface area contributed by atoms with E-state index < -0.39 is 0 Å². The molecule has 1 saturated carbocycles. The number of hydrogen-bond donors (Lipinski definition) is 1. The van der Waals surface area contributed by atoms with Crippen molar-refractivity contribution >= 4 is 17.5 Å². The molecule has 1 atom stereocenters. The molecule has 13 heavy (non-hydrogen) atoms. The maximum Gasteiger partial charge on any atom is 0.220 e. The Balaban J connectivity index is 2.03. The van der Waals surface area contributed by atoms with Gasteiger partial charge < -0.3 is 5.32 Å². The molecule has 0 spiro atoms. The molecular formula is C10H18ClNO. The molecule has 0 aromatic carbocycles. The number of nitrogens with one attached hydrogen (secondary N) is 1. The largest absolute Gasteiger partial charge is 0.354 e. The number of alkyl halides is 1. The molecule has 1 amide bonds. The van der Waals surface area contributed by atoms with E-state index in [1.807, 2.05) is 6.92 Å². The first-order chi connectivity index (χ1) is 6.22. The summed E-state index contributed by atoms with van der Waals surface area (Å²) in [5.41, 5.74) is 0. The highest BCUT2D eigenvalue weighted by atomic mass is 35.5. The van der Waals surface area contributed by atoms with E-state index in [0.717, 1.165) is 19.3 Å². The normalized spacial score (nSPS) is 18.3. The first-order valence-electron chi connectivity index (χ1n) is 5.07. The summed E-state index contributed by atoms with van der Waals surface area (Å²) in [6, 6.07) is 0.282. The third-order valence-electron chi connectivity index (χ3n) is 2.35. The number of rotatable bonds is 6. The molecule has 2 nitrogen and oxygen atoms in total. The molecule has 1 N–H and O–H groups in total. The average Bonchev–Trinajstić information content (AvgIpc) is 2.84. The lowest BCUT2D eigenvalue weighted by molar-refractivity contribution is -0.122. The van der Waals surface area contributed by atoms with Crippen molar-refractivity contribution in [3.8, 4) is 0 Å². The van der Waals surface area contributed by atoms with Gasteiger partial charge >= 0.3 is 0 Å². The van der Waals surface area contributed by atoms with E-state index in [0.29, 0.717) is 11.8 Å². The molecule has 1 unspecified atom stereocenters. The third kappa shape index (κ3) is 5.14. The first kappa shape index (κ1) is 10.8. The second-order valence-corrected chi connectivity index (χ2v) is 4.33. The highest BCUT2D eigenvalue weighted by Crippen LogP contribution is 2.32. The molecule has 0 saturated heterocycles. The van der Waals surface area contributed by atoms with E-state index >= 15 is 0 Å². The molecule has 0 heterocycles. The van der Waals surface area contributed by atoms with Crippen molar-refractivity contribution in [3.05, 3.63) is 0 Å². The van der Waals surface area contributed by atoms with Crippen LogP contribution in [0.1, 0.15) is 39.0 Å². The fraction of sp³-hybridized carbons (Fsp3) is 0.900. The molecule has 0 aromatic rings. The Hall–Kier alpha value is -0.240. The van der Waals surface area contributed by atoms with Crippen molar-refractivity contribution < 1.29 is 4.79 Å². The van der Waals surface area contributed by atoms with Crippen LogP contribution in [-0.4, -0.2) is 17.8 Å². The van der Waals surface area contributed by atoms with Crippen LogP contribution in [0, 0.1) is 5.92 Å². The summed E-state index contributed by atoms with van der Waals surface area (Å²) >= 11 is 5.56. The van der Waals surface area contributed by atoms with E-state index in [1.54, 1.807) is 0 Å². The van der Waals surface area contributed by atoms with Gasteiger partial charge in [0.2, 0.25) is 5.91 Å². The Bertz CT molecular complexity index is 168. The molecule has 0 bridgehead atoms. The summed E-state index contributed by atoms with van der Waals surface area (Å²) in [6.07, 6.45) is 5.17. The van der Waals surface area contributed by atoms with Gasteiger partial charge in [0.25, 0.3) is 0 Å². The Labute approximate surface area is 85.0 Å². The summed E-state index contributed by atoms with van der Waals surface area (Å²) in [5.74, 6) is 1.58. The minimum atomic E-state index is 0.213. The molecule has 1 fully saturated rings. The van der Waals surface area contributed by atoms with Gasteiger partial charge in [-0.05, 0) is 38.5 Å². The minimum absolute atomic E-state index is 0.213. The van der Waals surface area contributed by atoms with Crippen LogP contribution in [0.15, 0.2) is 0 Å². The van der Waals surface area contributed by atoms with E-state index in [-0.39, 0.29) is 11.9 Å². The van der Waals surface area contributed by atoms with Gasteiger partial charge in [0.05, 0.1) is 0 Å². The topological polar surface area (TPSA) is 29.1 Å². The highest BCUT2D eigenvalue weighted by Gasteiger charge is 2.24. The Morgan fingerprint density at radius 2 is 2.31 bits per heavy atom. The lowest BCUT2D eigenvalue weighted by Gasteiger charge is -2.12. The maximum atomic E-state index is 11.3. The van der Waals surface area contributed by atoms with Gasteiger partial charge in [-0.3, -0.25) is 4.79 Å². The number of halogens is 1. The SMILES string of the molecule is CC(CCCCl)NC(=O)CC1CC1. The number of amides is 1. The molecule has 0 aromatic heterocycles. The smallest absolute Gasteiger partial charge is 0.220 e. The molecule has 1 aliphatic carbocycles. The molecule has 1 rings (SSSR count). The van der Waals surface area contributed by atoms with Gasteiger partial charge in [-0.25, -0.2) is 0 Å². The van der Waals surface area contributed by atoms with E-state index in [2.05, 4.69) is 5.32 Å². The zero-order chi connectivity index (χ0) is 9.68. The molecule has 0 aliphatic heterocycles. The highest BCUT2D eigenvalue weighted by molar-refractivity contribution is 6.17. The van der Waals surface area contributed by atoms with Gasteiger partial charge in [-0.2, -0.15) is 0 Å². The standard InChI is InChI=1S/C10H18ClNO/c1-8(3-2-6-11)12-10(13)7-9-4-5-9/h8-9H,2-7H2,1H3,(H,12,13). The molecule has 1 aliphatic rings. The number of carbonyl (C=O) groups is 1. The van der Waals surface area contributed by atoms with Crippen molar-refractivity contribution in [3.63, 3.8) is 0 Å². The zero-order valence-corrected chi connectivity index (χ0v) is 8.94. The molecular weight excluding hydrogens is 186 g/mol. The predicted molar refractivity (Wildman–Crippen MR) is 54.9 cm³/mol.